The number of hydrogen-bond donors (Lipinski definition) is 4. The van der Waals surface area contributed by atoms with Crippen molar-refractivity contribution in [1.82, 2.24) is 25.7 Å². The second kappa shape index (κ2) is 14.1. The van der Waals surface area contributed by atoms with Crippen molar-refractivity contribution in [3.8, 4) is 0 Å². The van der Waals surface area contributed by atoms with Gasteiger partial charge in [-0.1, -0.05) is 30.3 Å². The minimum Gasteiger partial charge on any atom is -0.468 e. The van der Waals surface area contributed by atoms with E-state index in [4.69, 9.17) is 10.2 Å². The number of aromatic nitrogens is 2. The lowest BCUT2D eigenvalue weighted by molar-refractivity contribution is -0.139. The molecule has 3 rings (SSSR count). The lowest BCUT2D eigenvalue weighted by atomic mass is 10.1. The number of thioether (sulfide) groups is 1. The number of nitrogens with zero attached hydrogens (tertiary/aromatic N) is 2. The summed E-state index contributed by atoms with van der Waals surface area (Å²) in [7, 11) is 1.25. The molecule has 0 aliphatic carbocycles. The fourth-order valence-corrected chi connectivity index (χ4v) is 4.34. The monoisotopic (exact) mass is 541 g/mol. The molecule has 2 aromatic carbocycles. The van der Waals surface area contributed by atoms with E-state index in [2.05, 4.69) is 15.4 Å². The van der Waals surface area contributed by atoms with E-state index >= 15 is 0 Å². The Morgan fingerprint density at radius 2 is 1.82 bits per heavy atom. The van der Waals surface area contributed by atoms with Gasteiger partial charge >= 0.3 is 5.97 Å². The van der Waals surface area contributed by atoms with Gasteiger partial charge in [-0.15, -0.1) is 0 Å². The summed E-state index contributed by atoms with van der Waals surface area (Å²) in [5, 5.41) is 14.2. The first-order valence-electron chi connectivity index (χ1n) is 12.0. The van der Waals surface area contributed by atoms with Crippen LogP contribution in [-0.2, 0) is 25.7 Å². The molecule has 0 saturated heterocycles. The van der Waals surface area contributed by atoms with Crippen molar-refractivity contribution in [2.24, 2.45) is 0 Å². The van der Waals surface area contributed by atoms with E-state index in [1.807, 2.05) is 41.2 Å². The van der Waals surface area contributed by atoms with Gasteiger partial charge < -0.3 is 19.9 Å². The molecule has 0 radical (unpaired) electrons. The molecule has 3 aromatic rings. The molecule has 202 valence electrons. The van der Waals surface area contributed by atoms with E-state index in [0.29, 0.717) is 29.9 Å². The summed E-state index contributed by atoms with van der Waals surface area (Å²) in [4.78, 5) is 52.9. The molecule has 12 heteroatoms. The summed E-state index contributed by atoms with van der Waals surface area (Å²) >= 11 is 1.63. The van der Waals surface area contributed by atoms with Gasteiger partial charge in [-0.05, 0) is 42.2 Å². The third-order valence-corrected chi connectivity index (χ3v) is 6.45. The van der Waals surface area contributed by atoms with Gasteiger partial charge in [0.05, 0.1) is 24.2 Å². The first kappa shape index (κ1) is 28.7. The predicted octanol–water partition coefficient (Wildman–Crippen LogP) is 2.18. The Morgan fingerprint density at radius 3 is 2.50 bits per heavy atom. The Kier molecular flexibility index (Phi) is 10.7. The number of esters is 1. The molecule has 0 bridgehead atoms. The van der Waals surface area contributed by atoms with Crippen LogP contribution < -0.4 is 16.1 Å². The average Bonchev–Trinajstić information content (AvgIpc) is 3.30. The Hall–Kier alpha value is -3.90. The Labute approximate surface area is 224 Å². The van der Waals surface area contributed by atoms with Crippen LogP contribution >= 0.6 is 11.8 Å². The van der Waals surface area contributed by atoms with E-state index < -0.39 is 23.8 Å². The molecule has 0 saturated carbocycles. The highest BCUT2D eigenvalue weighted by Gasteiger charge is 2.23. The van der Waals surface area contributed by atoms with Crippen LogP contribution in [0.25, 0.3) is 11.0 Å². The zero-order valence-corrected chi connectivity index (χ0v) is 22.0. The molecule has 3 amide bonds. The number of hydroxylamine groups is 1. The van der Waals surface area contributed by atoms with Gasteiger partial charge in [0.15, 0.2) is 0 Å². The SMILES string of the molecule is COC(=O)CNC(=O)c1ccc2c(c1)nc(C(CCSC)NC(=O)CCC(=O)NO)n2Cc1ccccc1. The van der Waals surface area contributed by atoms with Crippen molar-refractivity contribution in [3.05, 3.63) is 65.5 Å². The molecule has 38 heavy (non-hydrogen) atoms. The van der Waals surface area contributed by atoms with E-state index in [1.54, 1.807) is 30.0 Å². The highest BCUT2D eigenvalue weighted by Crippen LogP contribution is 2.26. The van der Waals surface area contributed by atoms with Crippen LogP contribution in [0.4, 0.5) is 0 Å². The van der Waals surface area contributed by atoms with Crippen LogP contribution in [-0.4, -0.2) is 64.1 Å². The van der Waals surface area contributed by atoms with Crippen molar-refractivity contribution in [1.29, 1.82) is 0 Å². The fourth-order valence-electron chi connectivity index (χ4n) is 3.87. The number of amides is 3. The van der Waals surface area contributed by atoms with E-state index in [9.17, 15) is 19.2 Å². The molecule has 0 aliphatic rings. The van der Waals surface area contributed by atoms with Crippen molar-refractivity contribution < 1.29 is 29.1 Å². The van der Waals surface area contributed by atoms with Crippen LogP contribution in [0.3, 0.4) is 0 Å². The lowest BCUT2D eigenvalue weighted by Crippen LogP contribution is -2.32. The molecule has 1 atom stereocenters. The smallest absolute Gasteiger partial charge is 0.325 e. The quantitative estimate of drug-likeness (QED) is 0.146. The third-order valence-electron chi connectivity index (χ3n) is 5.81. The maximum absolute atomic E-state index is 12.7. The van der Waals surface area contributed by atoms with Crippen LogP contribution in [0.15, 0.2) is 48.5 Å². The highest BCUT2D eigenvalue weighted by atomic mass is 32.2. The Morgan fingerprint density at radius 1 is 1.08 bits per heavy atom. The van der Waals surface area contributed by atoms with Crippen molar-refractivity contribution in [2.45, 2.75) is 31.8 Å². The van der Waals surface area contributed by atoms with Crippen LogP contribution in [0.2, 0.25) is 0 Å². The molecule has 0 aliphatic heterocycles. The van der Waals surface area contributed by atoms with Crippen molar-refractivity contribution >= 4 is 46.5 Å². The number of carbonyl (C=O) groups excluding carboxylic acids is 4. The van der Waals surface area contributed by atoms with Crippen LogP contribution in [0.5, 0.6) is 0 Å². The summed E-state index contributed by atoms with van der Waals surface area (Å²) < 4.78 is 6.58. The third kappa shape index (κ3) is 7.80. The molecule has 1 unspecified atom stereocenters. The first-order chi connectivity index (χ1) is 18.4. The maximum Gasteiger partial charge on any atom is 0.325 e. The molecule has 11 nitrogen and oxygen atoms in total. The fraction of sp³-hybridized carbons (Fsp3) is 0.346. The van der Waals surface area contributed by atoms with E-state index in [0.717, 1.165) is 16.8 Å². The summed E-state index contributed by atoms with van der Waals surface area (Å²) in [5.41, 5.74) is 4.22. The molecule has 1 heterocycles. The minimum absolute atomic E-state index is 0.0917. The zero-order chi connectivity index (χ0) is 27.5. The van der Waals surface area contributed by atoms with E-state index in [1.165, 1.54) is 12.6 Å². The number of carbonyl (C=O) groups is 4. The molecular weight excluding hydrogens is 510 g/mol. The number of rotatable bonds is 13. The van der Waals surface area contributed by atoms with Gasteiger partial charge in [0.25, 0.3) is 5.91 Å². The van der Waals surface area contributed by atoms with Crippen molar-refractivity contribution in [2.75, 3.05) is 25.7 Å². The Bertz CT molecular complexity index is 1280. The second-order valence-corrected chi connectivity index (χ2v) is 9.43. The zero-order valence-electron chi connectivity index (χ0n) is 21.2. The number of fused-ring (bicyclic) bond motifs is 1. The molecular formula is C26H31N5O6S. The average molecular weight is 542 g/mol. The van der Waals surface area contributed by atoms with E-state index in [-0.39, 0.29) is 25.3 Å². The summed E-state index contributed by atoms with van der Waals surface area (Å²) in [6.45, 7) is 0.233. The van der Waals surface area contributed by atoms with Crippen molar-refractivity contribution in [3.63, 3.8) is 0 Å². The number of ether oxygens (including phenoxy) is 1. The molecule has 1 aromatic heterocycles. The highest BCUT2D eigenvalue weighted by molar-refractivity contribution is 7.98. The van der Waals surface area contributed by atoms with Gasteiger partial charge in [0.2, 0.25) is 11.8 Å². The minimum atomic E-state index is -0.643. The van der Waals surface area contributed by atoms with Gasteiger partial charge in [0, 0.05) is 24.9 Å². The number of benzene rings is 2. The standard InChI is InChI=1S/C26H31N5O6S/c1-37-24(34)15-27-26(35)18-8-9-21-20(14-18)29-25(31(21)16-17-6-4-3-5-7-17)19(12-13-38-2)28-22(32)10-11-23(33)30-36/h3-9,14,19,36H,10-13,15-16H2,1-2H3,(H,27,35)(H,28,32)(H,30,33). The lowest BCUT2D eigenvalue weighted by Gasteiger charge is -2.20. The number of imidazole rings is 1. The first-order valence-corrected chi connectivity index (χ1v) is 13.4. The van der Waals surface area contributed by atoms with Gasteiger partial charge in [-0.3, -0.25) is 24.4 Å². The van der Waals surface area contributed by atoms with Gasteiger partial charge in [0.1, 0.15) is 12.4 Å². The molecule has 0 fully saturated rings. The summed E-state index contributed by atoms with van der Waals surface area (Å²) in [6.07, 6.45) is 2.31. The molecule has 4 N–H and O–H groups in total. The topological polar surface area (TPSA) is 152 Å². The summed E-state index contributed by atoms with van der Waals surface area (Å²) in [5.74, 6) is -0.623. The molecule has 0 spiro atoms. The summed E-state index contributed by atoms with van der Waals surface area (Å²) in [6, 6.07) is 14.4. The number of hydrogen-bond acceptors (Lipinski definition) is 8. The van der Waals surface area contributed by atoms with Gasteiger partial charge in [-0.25, -0.2) is 10.5 Å². The largest absolute Gasteiger partial charge is 0.468 e. The predicted molar refractivity (Wildman–Crippen MR) is 143 cm³/mol. The normalized spacial score (nSPS) is 11.6. The maximum atomic E-state index is 12.7. The van der Waals surface area contributed by atoms with Crippen LogP contribution in [0.1, 0.15) is 47.1 Å². The van der Waals surface area contributed by atoms with Gasteiger partial charge in [-0.2, -0.15) is 11.8 Å². The Balaban J connectivity index is 1.98. The number of methoxy groups -OCH3 is 1. The van der Waals surface area contributed by atoms with Crippen LogP contribution in [0, 0.1) is 0 Å². The number of nitrogens with one attached hydrogen (secondary N) is 3. The second-order valence-electron chi connectivity index (χ2n) is 8.44.